The van der Waals surface area contributed by atoms with Crippen molar-refractivity contribution in [1.82, 2.24) is 15.1 Å². The molecule has 2 fully saturated rings. The van der Waals surface area contributed by atoms with Crippen molar-refractivity contribution in [2.45, 2.75) is 25.8 Å². The molecule has 0 aromatic heterocycles. The lowest BCUT2D eigenvalue weighted by atomic mass is 10.2. The molecule has 1 heterocycles. The third kappa shape index (κ3) is 5.08. The molecule has 8 heteroatoms. The van der Waals surface area contributed by atoms with E-state index in [0.29, 0.717) is 56.8 Å². The molecule has 0 radical (unpaired) electrons. The third-order valence-corrected chi connectivity index (χ3v) is 4.45. The normalized spacial score (nSPS) is 17.7. The molecule has 1 aromatic carbocycles. The third-order valence-electron chi connectivity index (χ3n) is 4.45. The quantitative estimate of drug-likeness (QED) is 0.805. The lowest BCUT2D eigenvalue weighted by molar-refractivity contribution is -0.122. The minimum atomic E-state index is -0.412. The number of anilines is 1. The average molecular weight is 364 g/mol. The van der Waals surface area contributed by atoms with Gasteiger partial charge in [-0.3, -0.25) is 9.69 Å². The van der Waals surface area contributed by atoms with E-state index in [1.807, 2.05) is 4.90 Å². The van der Waals surface area contributed by atoms with Crippen molar-refractivity contribution in [3.05, 3.63) is 24.0 Å². The lowest BCUT2D eigenvalue weighted by Gasteiger charge is -2.34. The Balaban J connectivity index is 1.48. The minimum absolute atomic E-state index is 0.0538. The van der Waals surface area contributed by atoms with E-state index in [2.05, 4.69) is 10.6 Å². The first-order chi connectivity index (χ1) is 12.5. The summed E-state index contributed by atoms with van der Waals surface area (Å²) in [5, 5.41) is 5.75. The molecule has 1 aliphatic heterocycles. The predicted molar refractivity (Wildman–Crippen MR) is 95.8 cm³/mol. The van der Waals surface area contributed by atoms with E-state index in [-0.39, 0.29) is 11.9 Å². The average Bonchev–Trinajstić information content (AvgIpc) is 3.42. The first-order valence-corrected chi connectivity index (χ1v) is 9.05. The fourth-order valence-electron chi connectivity index (χ4n) is 2.88. The largest absolute Gasteiger partial charge is 0.492 e. The van der Waals surface area contributed by atoms with Gasteiger partial charge in [0.2, 0.25) is 5.91 Å². The molecular formula is C18H25FN4O3. The Labute approximate surface area is 152 Å². The van der Waals surface area contributed by atoms with Crippen molar-refractivity contribution in [1.29, 1.82) is 0 Å². The van der Waals surface area contributed by atoms with Gasteiger partial charge in [-0.2, -0.15) is 0 Å². The smallest absolute Gasteiger partial charge is 0.322 e. The van der Waals surface area contributed by atoms with Crippen molar-refractivity contribution >= 4 is 17.6 Å². The maximum atomic E-state index is 13.4. The molecule has 1 aromatic rings. The van der Waals surface area contributed by atoms with Crippen molar-refractivity contribution in [3.63, 3.8) is 0 Å². The summed E-state index contributed by atoms with van der Waals surface area (Å²) in [5.74, 6) is -0.0427. The van der Waals surface area contributed by atoms with Crippen LogP contribution < -0.4 is 15.4 Å². The van der Waals surface area contributed by atoms with Crippen LogP contribution in [0.25, 0.3) is 0 Å². The second-order valence-electron chi connectivity index (χ2n) is 6.61. The van der Waals surface area contributed by atoms with Gasteiger partial charge in [-0.25, -0.2) is 9.18 Å². The van der Waals surface area contributed by atoms with E-state index < -0.39 is 5.82 Å². The fraction of sp³-hybridized carbons (Fsp3) is 0.556. The molecule has 2 aliphatic rings. The molecule has 0 atom stereocenters. The monoisotopic (exact) mass is 364 g/mol. The second-order valence-corrected chi connectivity index (χ2v) is 6.61. The maximum Gasteiger partial charge on any atom is 0.322 e. The zero-order valence-electron chi connectivity index (χ0n) is 15.0. The van der Waals surface area contributed by atoms with Crippen LogP contribution in [-0.2, 0) is 4.79 Å². The SMILES string of the molecule is CCOc1cc(F)ccc1NC(=O)N1CCN(CC(=O)NC2CC2)CC1. The highest BCUT2D eigenvalue weighted by Crippen LogP contribution is 2.26. The van der Waals surface area contributed by atoms with Gasteiger partial charge in [0.05, 0.1) is 18.8 Å². The summed E-state index contributed by atoms with van der Waals surface area (Å²) in [6, 6.07) is 4.16. The molecule has 0 bridgehead atoms. The standard InChI is InChI=1S/C18H25FN4O3/c1-2-26-16-11-13(19)3-6-15(16)21-18(25)23-9-7-22(8-10-23)12-17(24)20-14-4-5-14/h3,6,11,14H,2,4-5,7-10,12H2,1H3,(H,20,24)(H,21,25). The summed E-state index contributed by atoms with van der Waals surface area (Å²) in [4.78, 5) is 28.0. The summed E-state index contributed by atoms with van der Waals surface area (Å²) in [7, 11) is 0. The van der Waals surface area contributed by atoms with Crippen molar-refractivity contribution < 1.29 is 18.7 Å². The number of hydrogen-bond acceptors (Lipinski definition) is 4. The predicted octanol–water partition coefficient (Wildman–Crippen LogP) is 1.65. The topological polar surface area (TPSA) is 73.9 Å². The minimum Gasteiger partial charge on any atom is -0.492 e. The van der Waals surface area contributed by atoms with E-state index in [1.54, 1.807) is 11.8 Å². The molecule has 1 saturated carbocycles. The van der Waals surface area contributed by atoms with Gasteiger partial charge in [0.1, 0.15) is 11.6 Å². The Kier molecular flexibility index (Phi) is 5.92. The highest BCUT2D eigenvalue weighted by molar-refractivity contribution is 5.91. The van der Waals surface area contributed by atoms with Crippen LogP contribution in [0.2, 0.25) is 0 Å². The van der Waals surface area contributed by atoms with E-state index in [4.69, 9.17) is 4.74 Å². The number of rotatable bonds is 6. The van der Waals surface area contributed by atoms with Gasteiger partial charge in [0.15, 0.2) is 0 Å². The van der Waals surface area contributed by atoms with Gasteiger partial charge in [-0.1, -0.05) is 0 Å². The molecular weight excluding hydrogens is 339 g/mol. The van der Waals surface area contributed by atoms with Crippen LogP contribution in [0.5, 0.6) is 5.75 Å². The molecule has 0 spiro atoms. The summed E-state index contributed by atoms with van der Waals surface area (Å²) >= 11 is 0. The van der Waals surface area contributed by atoms with Crippen LogP contribution in [0.3, 0.4) is 0 Å². The number of piperazine rings is 1. The van der Waals surface area contributed by atoms with Gasteiger partial charge in [-0.15, -0.1) is 0 Å². The molecule has 3 rings (SSSR count). The Morgan fingerprint density at radius 2 is 1.96 bits per heavy atom. The van der Waals surface area contributed by atoms with Gasteiger partial charge in [-0.05, 0) is 31.9 Å². The van der Waals surface area contributed by atoms with Crippen LogP contribution in [0.1, 0.15) is 19.8 Å². The number of carbonyl (C=O) groups is 2. The zero-order chi connectivity index (χ0) is 18.5. The number of amides is 3. The number of nitrogens with one attached hydrogen (secondary N) is 2. The van der Waals surface area contributed by atoms with E-state index >= 15 is 0 Å². The van der Waals surface area contributed by atoms with Crippen molar-refractivity contribution in [2.24, 2.45) is 0 Å². The lowest BCUT2D eigenvalue weighted by Crippen LogP contribution is -2.52. The van der Waals surface area contributed by atoms with E-state index in [1.165, 1.54) is 18.2 Å². The Morgan fingerprint density at radius 1 is 1.23 bits per heavy atom. The first-order valence-electron chi connectivity index (χ1n) is 9.05. The Hall–Kier alpha value is -2.35. The Morgan fingerprint density at radius 3 is 2.62 bits per heavy atom. The highest BCUT2D eigenvalue weighted by atomic mass is 19.1. The number of halogens is 1. The highest BCUT2D eigenvalue weighted by Gasteiger charge is 2.26. The number of ether oxygens (including phenoxy) is 1. The molecule has 1 aliphatic carbocycles. The van der Waals surface area contributed by atoms with Crippen LogP contribution in [0.4, 0.5) is 14.9 Å². The summed E-state index contributed by atoms with van der Waals surface area (Å²) in [6.07, 6.45) is 2.15. The second kappa shape index (κ2) is 8.35. The van der Waals surface area contributed by atoms with E-state index in [9.17, 15) is 14.0 Å². The fourth-order valence-corrected chi connectivity index (χ4v) is 2.88. The number of urea groups is 1. The van der Waals surface area contributed by atoms with Gasteiger partial charge >= 0.3 is 6.03 Å². The summed E-state index contributed by atoms with van der Waals surface area (Å²) in [5.41, 5.74) is 0.449. The number of benzene rings is 1. The van der Waals surface area contributed by atoms with Crippen molar-refractivity contribution in [2.75, 3.05) is 44.6 Å². The molecule has 2 N–H and O–H groups in total. The van der Waals surface area contributed by atoms with Crippen LogP contribution in [0, 0.1) is 5.82 Å². The molecule has 0 unspecified atom stereocenters. The van der Waals surface area contributed by atoms with Gasteiger partial charge in [0.25, 0.3) is 0 Å². The summed E-state index contributed by atoms with van der Waals surface area (Å²) < 4.78 is 18.7. The molecule has 26 heavy (non-hydrogen) atoms. The number of carbonyl (C=O) groups excluding carboxylic acids is 2. The number of nitrogens with zero attached hydrogens (tertiary/aromatic N) is 2. The molecule has 3 amide bonds. The molecule has 1 saturated heterocycles. The maximum absolute atomic E-state index is 13.4. The van der Waals surface area contributed by atoms with E-state index in [0.717, 1.165) is 12.8 Å². The number of hydrogen-bond donors (Lipinski definition) is 2. The molecule has 7 nitrogen and oxygen atoms in total. The zero-order valence-corrected chi connectivity index (χ0v) is 15.0. The van der Waals surface area contributed by atoms with Gasteiger partial charge < -0.3 is 20.3 Å². The Bertz CT molecular complexity index is 658. The van der Waals surface area contributed by atoms with Crippen LogP contribution in [0.15, 0.2) is 18.2 Å². The summed E-state index contributed by atoms with van der Waals surface area (Å²) in [6.45, 7) is 4.92. The molecule has 142 valence electrons. The van der Waals surface area contributed by atoms with Gasteiger partial charge in [0, 0.05) is 38.3 Å². The first kappa shape index (κ1) is 18.4. The van der Waals surface area contributed by atoms with Crippen molar-refractivity contribution in [3.8, 4) is 5.75 Å². The van der Waals surface area contributed by atoms with Crippen LogP contribution >= 0.6 is 0 Å². The van der Waals surface area contributed by atoms with Crippen LogP contribution in [-0.4, -0.2) is 67.1 Å².